The van der Waals surface area contributed by atoms with Gasteiger partial charge in [-0.3, -0.25) is 9.59 Å². The lowest BCUT2D eigenvalue weighted by molar-refractivity contribution is -0.123. The molecule has 1 aromatic rings. The van der Waals surface area contributed by atoms with E-state index in [-0.39, 0.29) is 46.0 Å². The van der Waals surface area contributed by atoms with Crippen LogP contribution in [0.3, 0.4) is 0 Å². The molecule has 4 amide bonds. The van der Waals surface area contributed by atoms with Gasteiger partial charge in [-0.15, -0.1) is 0 Å². The molecule has 4 saturated carbocycles. The number of carbonyl (C=O) groups is 3. The van der Waals surface area contributed by atoms with Crippen molar-refractivity contribution < 1.29 is 18.8 Å². The molecule has 178 valence electrons. The van der Waals surface area contributed by atoms with Crippen LogP contribution in [-0.4, -0.2) is 41.4 Å². The fourth-order valence-electron chi connectivity index (χ4n) is 7.83. The number of halogens is 1. The van der Waals surface area contributed by atoms with Gasteiger partial charge in [0.1, 0.15) is 5.82 Å². The minimum absolute atomic E-state index is 0.0446. The number of nitrogens with one attached hydrogen (secondary N) is 2. The first-order chi connectivity index (χ1) is 15.5. The number of urea groups is 1. The van der Waals surface area contributed by atoms with Crippen LogP contribution >= 0.6 is 0 Å². The number of nitrogens with zero attached hydrogens (tertiary/aromatic N) is 1. The van der Waals surface area contributed by atoms with Gasteiger partial charge < -0.3 is 21.3 Å². The molecule has 5 aliphatic rings. The minimum atomic E-state index is -0.660. The Hall–Kier alpha value is -2.64. The lowest BCUT2D eigenvalue weighted by atomic mass is 9.69. The van der Waals surface area contributed by atoms with Crippen LogP contribution < -0.4 is 16.4 Å². The number of hydrogen-bond donors (Lipinski definition) is 3. The van der Waals surface area contributed by atoms with E-state index in [1.807, 2.05) is 0 Å². The largest absolute Gasteiger partial charge is 0.369 e. The number of rotatable bonds is 4. The van der Waals surface area contributed by atoms with Crippen molar-refractivity contribution in [1.29, 1.82) is 0 Å². The number of anilines is 1. The molecule has 4 bridgehead atoms. The predicted octanol–water partition coefficient (Wildman–Crippen LogP) is 3.64. The topological polar surface area (TPSA) is 105 Å². The molecule has 4 N–H and O–H groups in total. The summed E-state index contributed by atoms with van der Waals surface area (Å²) in [7, 11) is 0. The summed E-state index contributed by atoms with van der Waals surface area (Å²) >= 11 is 0. The molecule has 5 atom stereocenters. The van der Waals surface area contributed by atoms with Crippen molar-refractivity contribution in [1.82, 2.24) is 10.2 Å². The number of likely N-dealkylation sites (tertiary alicyclic amines) is 1. The van der Waals surface area contributed by atoms with Crippen molar-refractivity contribution in [3.8, 4) is 0 Å². The first kappa shape index (κ1) is 22.2. The summed E-state index contributed by atoms with van der Waals surface area (Å²) in [4.78, 5) is 38.7. The number of primary amides is 1. The molecule has 0 spiro atoms. The zero-order valence-corrected chi connectivity index (χ0v) is 19.4. The lowest BCUT2D eigenvalue weighted by Crippen LogP contribution is -2.54. The molecule has 1 saturated heterocycles. The second-order valence-electron chi connectivity index (χ2n) is 11.6. The van der Waals surface area contributed by atoms with Gasteiger partial charge in [-0.05, 0) is 79.9 Å². The van der Waals surface area contributed by atoms with E-state index in [0.29, 0.717) is 25.3 Å². The van der Waals surface area contributed by atoms with Gasteiger partial charge in [0, 0.05) is 24.2 Å². The standard InChI is InChI=1S/C25H33FN4O3/c1-23-9-15-10-24(2,13-23)25(11-15,14-23)29-22(33)28-19-6-5-16(8-18(19)26)21(32)30-7-3-4-17(12-30)20(27)31/h5-6,8,15,17H,3-4,7,9-14H2,1-2H3,(H2,27,31)(H2,28,29,33)/t15?,17-,23-,24+,25?/m0/s1. The fraction of sp³-hybridized carbons (Fsp3) is 0.640. The predicted molar refractivity (Wildman–Crippen MR) is 122 cm³/mol. The number of hydrogen-bond acceptors (Lipinski definition) is 3. The van der Waals surface area contributed by atoms with Gasteiger partial charge in [0.2, 0.25) is 5.91 Å². The Morgan fingerprint density at radius 3 is 2.64 bits per heavy atom. The number of carbonyl (C=O) groups excluding carboxylic acids is 3. The molecular formula is C25H33FN4O3. The highest BCUT2D eigenvalue weighted by atomic mass is 19.1. The summed E-state index contributed by atoms with van der Waals surface area (Å²) in [6.45, 7) is 5.36. The van der Waals surface area contributed by atoms with Gasteiger partial charge in [-0.1, -0.05) is 13.8 Å². The first-order valence-electron chi connectivity index (χ1n) is 12.0. The third kappa shape index (κ3) is 3.67. The van der Waals surface area contributed by atoms with E-state index in [2.05, 4.69) is 24.5 Å². The number of piperidine rings is 1. The van der Waals surface area contributed by atoms with Gasteiger partial charge in [0.05, 0.1) is 11.6 Å². The zero-order chi connectivity index (χ0) is 23.6. The highest BCUT2D eigenvalue weighted by Crippen LogP contribution is 2.71. The summed E-state index contributed by atoms with van der Waals surface area (Å²) in [5.41, 5.74) is 5.76. The summed E-state index contributed by atoms with van der Waals surface area (Å²) < 4.78 is 14.8. The summed E-state index contributed by atoms with van der Waals surface area (Å²) in [5, 5.41) is 5.89. The van der Waals surface area contributed by atoms with Crippen LogP contribution in [0.25, 0.3) is 0 Å². The van der Waals surface area contributed by atoms with Crippen molar-refractivity contribution in [3.05, 3.63) is 29.6 Å². The average molecular weight is 457 g/mol. The second-order valence-corrected chi connectivity index (χ2v) is 11.6. The van der Waals surface area contributed by atoms with E-state index in [0.717, 1.165) is 31.7 Å². The number of nitrogens with two attached hydrogens (primary N) is 1. The highest BCUT2D eigenvalue weighted by molar-refractivity contribution is 5.96. The van der Waals surface area contributed by atoms with Crippen molar-refractivity contribution in [2.45, 2.75) is 64.3 Å². The van der Waals surface area contributed by atoms with E-state index in [1.54, 1.807) is 4.90 Å². The van der Waals surface area contributed by atoms with E-state index < -0.39 is 17.8 Å². The summed E-state index contributed by atoms with van der Waals surface area (Å²) in [6, 6.07) is 3.69. The SMILES string of the molecule is C[C@@]12CC3CC(NC(=O)Nc4ccc(C(=O)N5CCC[C@H](C(N)=O)C5)cc4F)(C1)[C@](C)(C3)C2. The van der Waals surface area contributed by atoms with E-state index in [9.17, 15) is 18.8 Å². The quantitative estimate of drug-likeness (QED) is 0.644. The van der Waals surface area contributed by atoms with Gasteiger partial charge in [0.15, 0.2) is 0 Å². The maximum absolute atomic E-state index is 14.8. The van der Waals surface area contributed by atoms with Crippen molar-refractivity contribution in [2.24, 2.45) is 28.4 Å². The molecule has 1 aliphatic heterocycles. The fourth-order valence-corrected chi connectivity index (χ4v) is 7.83. The molecule has 1 heterocycles. The Kier molecular flexibility index (Phi) is 4.99. The zero-order valence-electron chi connectivity index (χ0n) is 19.4. The van der Waals surface area contributed by atoms with Gasteiger partial charge in [-0.25, -0.2) is 9.18 Å². The van der Waals surface area contributed by atoms with Gasteiger partial charge in [0.25, 0.3) is 5.91 Å². The van der Waals surface area contributed by atoms with E-state index in [1.165, 1.54) is 18.6 Å². The first-order valence-corrected chi connectivity index (χ1v) is 12.0. The van der Waals surface area contributed by atoms with Crippen LogP contribution in [0.4, 0.5) is 14.9 Å². The number of amides is 4. The molecule has 33 heavy (non-hydrogen) atoms. The molecule has 0 radical (unpaired) electrons. The molecule has 5 fully saturated rings. The smallest absolute Gasteiger partial charge is 0.319 e. The molecule has 6 rings (SSSR count). The molecule has 4 aliphatic carbocycles. The van der Waals surface area contributed by atoms with Crippen molar-refractivity contribution in [3.63, 3.8) is 0 Å². The Balaban J connectivity index is 1.25. The van der Waals surface area contributed by atoms with E-state index in [4.69, 9.17) is 5.73 Å². The third-order valence-corrected chi connectivity index (χ3v) is 8.79. The van der Waals surface area contributed by atoms with Crippen molar-refractivity contribution >= 4 is 23.5 Å². The molecule has 0 aromatic heterocycles. The molecule has 1 aromatic carbocycles. The Labute approximate surface area is 193 Å². The average Bonchev–Trinajstić information content (AvgIpc) is 3.01. The molecule has 7 nitrogen and oxygen atoms in total. The van der Waals surface area contributed by atoms with Crippen molar-refractivity contribution in [2.75, 3.05) is 18.4 Å². The van der Waals surface area contributed by atoms with Gasteiger partial charge in [-0.2, -0.15) is 0 Å². The Morgan fingerprint density at radius 1 is 1.15 bits per heavy atom. The van der Waals surface area contributed by atoms with Crippen LogP contribution in [0.5, 0.6) is 0 Å². The van der Waals surface area contributed by atoms with E-state index >= 15 is 0 Å². The third-order valence-electron chi connectivity index (χ3n) is 8.79. The summed E-state index contributed by atoms with van der Waals surface area (Å²) in [5.74, 6) is -1.15. The van der Waals surface area contributed by atoms with Crippen LogP contribution in [0.1, 0.15) is 69.2 Å². The molecule has 8 heteroatoms. The number of benzene rings is 1. The lowest BCUT2D eigenvalue weighted by Gasteiger charge is -2.39. The van der Waals surface area contributed by atoms with Gasteiger partial charge >= 0.3 is 6.03 Å². The van der Waals surface area contributed by atoms with Crippen LogP contribution in [0, 0.1) is 28.5 Å². The molecular weight excluding hydrogens is 423 g/mol. The summed E-state index contributed by atoms with van der Waals surface area (Å²) in [6.07, 6.45) is 6.79. The minimum Gasteiger partial charge on any atom is -0.369 e. The maximum atomic E-state index is 14.8. The normalized spacial score (nSPS) is 36.6. The van der Waals surface area contributed by atoms with Crippen LogP contribution in [-0.2, 0) is 4.79 Å². The van der Waals surface area contributed by atoms with Crippen LogP contribution in [0.2, 0.25) is 0 Å². The molecule has 2 unspecified atom stereocenters. The monoisotopic (exact) mass is 456 g/mol. The maximum Gasteiger partial charge on any atom is 0.319 e. The Morgan fingerprint density at radius 2 is 1.94 bits per heavy atom. The second kappa shape index (κ2) is 7.43. The Bertz CT molecular complexity index is 1030. The highest BCUT2D eigenvalue weighted by Gasteiger charge is 2.68. The van der Waals surface area contributed by atoms with Crippen LogP contribution in [0.15, 0.2) is 18.2 Å².